The summed E-state index contributed by atoms with van der Waals surface area (Å²) < 4.78 is 1.21. The van der Waals surface area contributed by atoms with Gasteiger partial charge in [-0.25, -0.2) is 9.78 Å². The van der Waals surface area contributed by atoms with Gasteiger partial charge in [-0.1, -0.05) is 11.6 Å². The number of fused-ring (bicyclic) bond motifs is 1. The van der Waals surface area contributed by atoms with Crippen LogP contribution >= 0.6 is 11.6 Å². The first kappa shape index (κ1) is 14.5. The molecule has 1 atom stereocenters. The molecule has 2 aromatic heterocycles. The summed E-state index contributed by atoms with van der Waals surface area (Å²) in [5.41, 5.74) is 0.595. The highest BCUT2D eigenvalue weighted by Crippen LogP contribution is 2.28. The number of hydrogen-bond donors (Lipinski definition) is 2. The minimum Gasteiger partial charge on any atom is -0.480 e. The number of nitrogens with zero attached hydrogens (tertiary/aromatic N) is 4. The zero-order valence-electron chi connectivity index (χ0n) is 11.4. The molecule has 8 nitrogen and oxygen atoms in total. The van der Waals surface area contributed by atoms with E-state index in [1.165, 1.54) is 10.8 Å². The van der Waals surface area contributed by atoms with Crippen molar-refractivity contribution in [2.75, 3.05) is 5.32 Å². The van der Waals surface area contributed by atoms with E-state index in [4.69, 9.17) is 11.6 Å². The number of anilines is 1. The lowest BCUT2D eigenvalue weighted by Crippen LogP contribution is -2.30. The van der Waals surface area contributed by atoms with Gasteiger partial charge in [-0.15, -0.1) is 0 Å². The van der Waals surface area contributed by atoms with Gasteiger partial charge in [0.15, 0.2) is 11.0 Å². The molecular weight excluding hydrogens is 310 g/mol. The maximum absolute atomic E-state index is 12.4. The summed E-state index contributed by atoms with van der Waals surface area (Å²) in [5, 5.41) is 12.2. The fourth-order valence-corrected chi connectivity index (χ4v) is 2.72. The molecule has 114 valence electrons. The molecule has 22 heavy (non-hydrogen) atoms. The molecule has 0 saturated heterocycles. The molecule has 0 radical (unpaired) electrons. The van der Waals surface area contributed by atoms with Gasteiger partial charge < -0.3 is 10.4 Å². The van der Waals surface area contributed by atoms with Gasteiger partial charge in [0.1, 0.15) is 6.04 Å². The van der Waals surface area contributed by atoms with Gasteiger partial charge in [-0.3, -0.25) is 19.3 Å². The lowest BCUT2D eigenvalue weighted by Gasteiger charge is -2.13. The van der Waals surface area contributed by atoms with Crippen LogP contribution in [0.15, 0.2) is 23.4 Å². The first-order chi connectivity index (χ1) is 10.6. The normalized spacial score (nSPS) is 16.3. The Balaban J connectivity index is 1.93. The third-order valence-electron chi connectivity index (χ3n) is 3.47. The van der Waals surface area contributed by atoms with Crippen LogP contribution in [0, 0.1) is 0 Å². The van der Waals surface area contributed by atoms with Crippen molar-refractivity contribution in [3.05, 3.63) is 45.5 Å². The molecule has 2 N–H and O–H groups in total. The average molecular weight is 322 g/mol. The SMILES string of the molecule is O=C(O)C1CCc2c(Cl)nc(NCc3cnccn3)c(=O)n21. The molecule has 0 bridgehead atoms. The number of carboxylic acid groups (broad SMARTS) is 1. The summed E-state index contributed by atoms with van der Waals surface area (Å²) in [5.74, 6) is -1.05. The smallest absolute Gasteiger partial charge is 0.326 e. The van der Waals surface area contributed by atoms with E-state index in [1.807, 2.05) is 0 Å². The highest BCUT2D eigenvalue weighted by molar-refractivity contribution is 6.30. The van der Waals surface area contributed by atoms with Gasteiger partial charge in [-0.2, -0.15) is 0 Å². The molecule has 1 unspecified atom stereocenters. The molecule has 2 aromatic rings. The van der Waals surface area contributed by atoms with Crippen molar-refractivity contribution in [2.24, 2.45) is 0 Å². The van der Waals surface area contributed by atoms with Crippen LogP contribution < -0.4 is 10.9 Å². The minimum absolute atomic E-state index is 0.00699. The Hall–Kier alpha value is -2.48. The third kappa shape index (κ3) is 2.52. The number of hydrogen-bond acceptors (Lipinski definition) is 6. The van der Waals surface area contributed by atoms with Gasteiger partial charge in [0.05, 0.1) is 24.1 Å². The largest absolute Gasteiger partial charge is 0.480 e. The van der Waals surface area contributed by atoms with E-state index in [0.717, 1.165) is 0 Å². The molecule has 0 amide bonds. The van der Waals surface area contributed by atoms with Crippen LogP contribution in [-0.4, -0.2) is 30.6 Å². The summed E-state index contributed by atoms with van der Waals surface area (Å²) >= 11 is 6.07. The van der Waals surface area contributed by atoms with Crippen molar-refractivity contribution in [1.29, 1.82) is 0 Å². The van der Waals surface area contributed by atoms with Crippen LogP contribution in [0.5, 0.6) is 0 Å². The van der Waals surface area contributed by atoms with E-state index in [2.05, 4.69) is 20.3 Å². The number of halogens is 1. The highest BCUT2D eigenvalue weighted by atomic mass is 35.5. The average Bonchev–Trinajstić information content (AvgIpc) is 2.96. The maximum Gasteiger partial charge on any atom is 0.326 e. The zero-order chi connectivity index (χ0) is 15.7. The maximum atomic E-state index is 12.4. The van der Waals surface area contributed by atoms with E-state index in [0.29, 0.717) is 24.2 Å². The molecule has 9 heteroatoms. The highest BCUT2D eigenvalue weighted by Gasteiger charge is 2.32. The van der Waals surface area contributed by atoms with Crippen LogP contribution in [0.25, 0.3) is 0 Å². The molecule has 0 saturated carbocycles. The zero-order valence-corrected chi connectivity index (χ0v) is 12.1. The second kappa shape index (κ2) is 5.72. The molecular formula is C13H12ClN5O3. The van der Waals surface area contributed by atoms with Gasteiger partial charge >= 0.3 is 5.97 Å². The second-order valence-corrected chi connectivity index (χ2v) is 5.17. The lowest BCUT2D eigenvalue weighted by atomic mass is 10.2. The Morgan fingerprint density at radius 2 is 2.32 bits per heavy atom. The molecule has 1 aliphatic rings. The Kier molecular flexibility index (Phi) is 3.76. The van der Waals surface area contributed by atoms with Gasteiger partial charge in [0.2, 0.25) is 0 Å². The van der Waals surface area contributed by atoms with Crippen LogP contribution in [0.1, 0.15) is 23.9 Å². The fourth-order valence-electron chi connectivity index (χ4n) is 2.45. The van der Waals surface area contributed by atoms with Gasteiger partial charge in [0.25, 0.3) is 5.56 Å². The first-order valence-corrected chi connectivity index (χ1v) is 6.98. The number of aliphatic carboxylic acids is 1. The first-order valence-electron chi connectivity index (χ1n) is 6.60. The molecule has 3 heterocycles. The minimum atomic E-state index is -1.05. The predicted molar refractivity (Wildman–Crippen MR) is 77.9 cm³/mol. The second-order valence-electron chi connectivity index (χ2n) is 4.82. The van der Waals surface area contributed by atoms with Gasteiger partial charge in [0, 0.05) is 12.4 Å². The molecule has 1 aliphatic heterocycles. The summed E-state index contributed by atoms with van der Waals surface area (Å²) in [4.78, 5) is 35.7. The van der Waals surface area contributed by atoms with Crippen LogP contribution in [0.4, 0.5) is 5.82 Å². The van der Waals surface area contributed by atoms with Crippen molar-refractivity contribution >= 4 is 23.4 Å². The predicted octanol–water partition coefficient (Wildman–Crippen LogP) is 0.871. The summed E-state index contributed by atoms with van der Waals surface area (Å²) in [6.45, 7) is 0.240. The molecule has 0 fully saturated rings. The lowest BCUT2D eigenvalue weighted by molar-refractivity contribution is -0.140. The Morgan fingerprint density at radius 1 is 1.50 bits per heavy atom. The monoisotopic (exact) mass is 321 g/mol. The van der Waals surface area contributed by atoms with E-state index in [1.54, 1.807) is 12.4 Å². The summed E-state index contributed by atoms with van der Waals surface area (Å²) in [6.07, 6.45) is 5.38. The number of nitrogens with one attached hydrogen (secondary N) is 1. The van der Waals surface area contributed by atoms with E-state index >= 15 is 0 Å². The standard InChI is InChI=1S/C13H12ClN5O3/c14-10-8-1-2-9(13(21)22)19(8)12(20)11(18-10)17-6-7-5-15-3-4-16-7/h3-5,9H,1-2,6H2,(H,17,18)(H,21,22). The third-order valence-corrected chi connectivity index (χ3v) is 3.77. The van der Waals surface area contributed by atoms with Crippen molar-refractivity contribution < 1.29 is 9.90 Å². The van der Waals surface area contributed by atoms with Gasteiger partial charge in [-0.05, 0) is 12.8 Å². The van der Waals surface area contributed by atoms with Crippen LogP contribution in [-0.2, 0) is 17.8 Å². The van der Waals surface area contributed by atoms with Crippen molar-refractivity contribution in [3.8, 4) is 0 Å². The van der Waals surface area contributed by atoms with E-state index in [-0.39, 0.29) is 17.5 Å². The number of carboxylic acids is 1. The Bertz CT molecular complexity index is 777. The van der Waals surface area contributed by atoms with Crippen LogP contribution in [0.2, 0.25) is 5.15 Å². The number of rotatable bonds is 4. The molecule has 0 aromatic carbocycles. The Labute approximate surface area is 129 Å². The molecule has 0 aliphatic carbocycles. The quantitative estimate of drug-likeness (QED) is 0.859. The molecule has 3 rings (SSSR count). The van der Waals surface area contributed by atoms with E-state index < -0.39 is 17.6 Å². The topological polar surface area (TPSA) is 110 Å². The number of carbonyl (C=O) groups is 1. The summed E-state index contributed by atoms with van der Waals surface area (Å²) in [6, 6.07) is -0.903. The number of aromatic nitrogens is 4. The summed E-state index contributed by atoms with van der Waals surface area (Å²) in [7, 11) is 0. The fraction of sp³-hybridized carbons (Fsp3) is 0.308. The van der Waals surface area contributed by atoms with Crippen molar-refractivity contribution in [3.63, 3.8) is 0 Å². The van der Waals surface area contributed by atoms with E-state index in [9.17, 15) is 14.7 Å². The Morgan fingerprint density at radius 3 is 3.00 bits per heavy atom. The van der Waals surface area contributed by atoms with Crippen molar-refractivity contribution in [2.45, 2.75) is 25.4 Å². The van der Waals surface area contributed by atoms with Crippen molar-refractivity contribution in [1.82, 2.24) is 19.5 Å². The van der Waals surface area contributed by atoms with Crippen LogP contribution in [0.3, 0.4) is 0 Å². The molecule has 0 spiro atoms.